The third kappa shape index (κ3) is 4.99. The maximum atomic E-state index is 12.4. The van der Waals surface area contributed by atoms with Crippen molar-refractivity contribution in [2.24, 2.45) is 11.7 Å². The minimum absolute atomic E-state index is 0.191. The topological polar surface area (TPSA) is 112 Å². The molecule has 1 aliphatic heterocycles. The first-order chi connectivity index (χ1) is 13.9. The van der Waals surface area contributed by atoms with Crippen molar-refractivity contribution < 1.29 is 4.79 Å². The molecule has 0 aliphatic carbocycles. The number of hydrogen-bond acceptors (Lipinski definition) is 8. The van der Waals surface area contributed by atoms with E-state index in [2.05, 4.69) is 44.4 Å². The van der Waals surface area contributed by atoms with E-state index in [9.17, 15) is 4.79 Å². The molecule has 2 aromatic rings. The minimum atomic E-state index is -0.496. The van der Waals surface area contributed by atoms with Crippen molar-refractivity contribution in [3.8, 4) is 0 Å². The molecule has 1 atom stereocenters. The standard InChI is InChI=1S/C20H30N8O/c1-13(2)10-27(4)17-8-16(19(21)29)18(7-14(17)3)28(20-24-11-23-12-25-20)26-15-5-6-22-9-15/h7-8,11-13,15,22,26H,5-6,9-10H2,1-4H3,(H2,21,29)/t15-/m1/s1. The summed E-state index contributed by atoms with van der Waals surface area (Å²) >= 11 is 0. The van der Waals surface area contributed by atoms with E-state index in [4.69, 9.17) is 5.73 Å². The Kier molecular flexibility index (Phi) is 6.60. The summed E-state index contributed by atoms with van der Waals surface area (Å²) in [4.78, 5) is 27.0. The fraction of sp³-hybridized carbons (Fsp3) is 0.500. The summed E-state index contributed by atoms with van der Waals surface area (Å²) in [7, 11) is 2.03. The molecule has 0 spiro atoms. The van der Waals surface area contributed by atoms with Gasteiger partial charge in [-0.05, 0) is 43.5 Å². The highest BCUT2D eigenvalue weighted by atomic mass is 16.1. The third-order valence-electron chi connectivity index (χ3n) is 4.92. The van der Waals surface area contributed by atoms with Gasteiger partial charge in [-0.2, -0.15) is 9.97 Å². The van der Waals surface area contributed by atoms with E-state index < -0.39 is 5.91 Å². The van der Waals surface area contributed by atoms with Gasteiger partial charge in [-0.3, -0.25) is 4.79 Å². The first kappa shape index (κ1) is 20.9. The quantitative estimate of drug-likeness (QED) is 0.572. The van der Waals surface area contributed by atoms with Crippen LogP contribution in [0.2, 0.25) is 0 Å². The summed E-state index contributed by atoms with van der Waals surface area (Å²) in [6, 6.07) is 4.01. The monoisotopic (exact) mass is 398 g/mol. The number of anilines is 3. The van der Waals surface area contributed by atoms with Gasteiger partial charge in [-0.1, -0.05) is 13.8 Å². The van der Waals surface area contributed by atoms with Gasteiger partial charge in [0, 0.05) is 31.9 Å². The highest BCUT2D eigenvalue weighted by molar-refractivity contribution is 6.00. The van der Waals surface area contributed by atoms with Crippen molar-refractivity contribution in [2.45, 2.75) is 33.2 Å². The molecule has 9 nitrogen and oxygen atoms in total. The number of nitrogens with zero attached hydrogens (tertiary/aromatic N) is 5. The van der Waals surface area contributed by atoms with Crippen molar-refractivity contribution in [2.75, 3.05) is 36.6 Å². The second-order valence-electron chi connectivity index (χ2n) is 7.89. The molecule has 1 aliphatic rings. The second-order valence-corrected chi connectivity index (χ2v) is 7.89. The highest BCUT2D eigenvalue weighted by Crippen LogP contribution is 2.32. The van der Waals surface area contributed by atoms with Gasteiger partial charge in [0.05, 0.1) is 11.3 Å². The van der Waals surface area contributed by atoms with Crippen LogP contribution < -0.4 is 26.4 Å². The molecule has 1 saturated heterocycles. The lowest BCUT2D eigenvalue weighted by atomic mass is 10.0. The number of nitrogens with one attached hydrogen (secondary N) is 2. The Morgan fingerprint density at radius 2 is 2.03 bits per heavy atom. The van der Waals surface area contributed by atoms with Gasteiger partial charge >= 0.3 is 0 Å². The van der Waals surface area contributed by atoms with Crippen LogP contribution in [0.15, 0.2) is 24.8 Å². The normalized spacial score (nSPS) is 16.2. The van der Waals surface area contributed by atoms with Gasteiger partial charge in [-0.25, -0.2) is 15.4 Å². The summed E-state index contributed by atoms with van der Waals surface area (Å²) in [6.07, 6.45) is 3.83. The lowest BCUT2D eigenvalue weighted by molar-refractivity contribution is 0.100. The lowest BCUT2D eigenvalue weighted by Gasteiger charge is -2.30. The number of nitrogens with two attached hydrogens (primary N) is 1. The van der Waals surface area contributed by atoms with E-state index in [1.807, 2.05) is 26.1 Å². The molecular weight excluding hydrogens is 368 g/mol. The maximum absolute atomic E-state index is 12.4. The van der Waals surface area contributed by atoms with Crippen molar-refractivity contribution in [1.82, 2.24) is 25.7 Å². The van der Waals surface area contributed by atoms with Crippen LogP contribution in [0.5, 0.6) is 0 Å². The Bertz CT molecular complexity index is 836. The van der Waals surface area contributed by atoms with Crippen LogP contribution >= 0.6 is 0 Å². The molecule has 0 bridgehead atoms. The maximum Gasteiger partial charge on any atom is 0.250 e. The molecular formula is C20H30N8O. The lowest BCUT2D eigenvalue weighted by Crippen LogP contribution is -2.44. The van der Waals surface area contributed by atoms with Gasteiger partial charge < -0.3 is 16.0 Å². The third-order valence-corrected chi connectivity index (χ3v) is 4.92. The van der Waals surface area contributed by atoms with Gasteiger partial charge in [0.1, 0.15) is 12.7 Å². The Balaban J connectivity index is 2.06. The Morgan fingerprint density at radius 1 is 1.31 bits per heavy atom. The zero-order valence-corrected chi connectivity index (χ0v) is 17.5. The predicted molar refractivity (Wildman–Crippen MR) is 114 cm³/mol. The van der Waals surface area contributed by atoms with E-state index in [0.29, 0.717) is 23.1 Å². The number of rotatable bonds is 8. The first-order valence-corrected chi connectivity index (χ1v) is 9.91. The SMILES string of the molecule is Cc1cc(N(N[C@@H]2CCNC2)c2ncncn2)c(C(N)=O)cc1N(C)CC(C)C. The average molecular weight is 399 g/mol. The van der Waals surface area contributed by atoms with Crippen molar-refractivity contribution in [3.05, 3.63) is 35.9 Å². The molecule has 29 heavy (non-hydrogen) atoms. The zero-order valence-electron chi connectivity index (χ0n) is 17.5. The van der Waals surface area contributed by atoms with E-state index in [-0.39, 0.29) is 6.04 Å². The number of amides is 1. The van der Waals surface area contributed by atoms with Crippen LogP contribution in [0.1, 0.15) is 36.2 Å². The van der Waals surface area contributed by atoms with E-state index >= 15 is 0 Å². The van der Waals surface area contributed by atoms with Crippen LogP contribution in [-0.2, 0) is 0 Å². The molecule has 4 N–H and O–H groups in total. The van der Waals surface area contributed by atoms with Crippen LogP contribution in [0.25, 0.3) is 0 Å². The Hall–Kier alpha value is -2.78. The number of aromatic nitrogens is 3. The average Bonchev–Trinajstić information content (AvgIpc) is 3.19. The molecule has 0 radical (unpaired) electrons. The van der Waals surface area contributed by atoms with Gasteiger partial charge in [-0.15, -0.1) is 0 Å². The van der Waals surface area contributed by atoms with E-state index in [0.717, 1.165) is 37.3 Å². The molecule has 156 valence electrons. The number of carbonyl (C=O) groups is 1. The Morgan fingerprint density at radius 3 is 2.62 bits per heavy atom. The molecule has 3 rings (SSSR count). The molecule has 9 heteroatoms. The summed E-state index contributed by atoms with van der Waals surface area (Å²) in [5.41, 5.74) is 12.3. The summed E-state index contributed by atoms with van der Waals surface area (Å²) < 4.78 is 0. The van der Waals surface area contributed by atoms with Crippen LogP contribution in [0, 0.1) is 12.8 Å². The molecule has 0 unspecified atom stereocenters. The van der Waals surface area contributed by atoms with Crippen molar-refractivity contribution in [3.63, 3.8) is 0 Å². The molecule has 1 aromatic heterocycles. The van der Waals surface area contributed by atoms with Crippen LogP contribution in [0.3, 0.4) is 0 Å². The number of primary amides is 1. The van der Waals surface area contributed by atoms with Gasteiger partial charge in [0.15, 0.2) is 0 Å². The fourth-order valence-electron chi connectivity index (χ4n) is 3.65. The first-order valence-electron chi connectivity index (χ1n) is 9.91. The minimum Gasteiger partial charge on any atom is -0.374 e. The van der Waals surface area contributed by atoms with Gasteiger partial charge in [0.2, 0.25) is 5.95 Å². The fourth-order valence-corrected chi connectivity index (χ4v) is 3.65. The summed E-state index contributed by atoms with van der Waals surface area (Å²) in [5.74, 6) is 0.413. The molecule has 1 fully saturated rings. The predicted octanol–water partition coefficient (Wildman–Crippen LogP) is 1.38. The molecule has 0 saturated carbocycles. The van der Waals surface area contributed by atoms with E-state index in [1.165, 1.54) is 12.7 Å². The largest absolute Gasteiger partial charge is 0.374 e. The van der Waals surface area contributed by atoms with Crippen LogP contribution in [0.4, 0.5) is 17.3 Å². The number of carbonyl (C=O) groups excluding carboxylic acids is 1. The summed E-state index contributed by atoms with van der Waals surface area (Å²) in [6.45, 7) is 8.99. The number of hydrogen-bond donors (Lipinski definition) is 3. The second kappa shape index (κ2) is 9.15. The number of hydrazine groups is 1. The number of aryl methyl sites for hydroxylation is 1. The Labute approximate surface area is 171 Å². The van der Waals surface area contributed by atoms with Crippen molar-refractivity contribution >= 4 is 23.2 Å². The smallest absolute Gasteiger partial charge is 0.250 e. The zero-order chi connectivity index (χ0) is 21.0. The number of benzene rings is 1. The highest BCUT2D eigenvalue weighted by Gasteiger charge is 2.25. The molecule has 2 heterocycles. The van der Waals surface area contributed by atoms with E-state index in [1.54, 1.807) is 5.01 Å². The molecule has 1 amide bonds. The van der Waals surface area contributed by atoms with Crippen molar-refractivity contribution in [1.29, 1.82) is 0 Å². The summed E-state index contributed by atoms with van der Waals surface area (Å²) in [5, 5.41) is 5.08. The molecule has 1 aromatic carbocycles. The van der Waals surface area contributed by atoms with Gasteiger partial charge in [0.25, 0.3) is 5.91 Å². The van der Waals surface area contributed by atoms with Crippen LogP contribution in [-0.4, -0.2) is 53.6 Å².